The lowest BCUT2D eigenvalue weighted by atomic mass is 10.0. The number of carbonyl (C=O) groups is 2. The Bertz CT molecular complexity index is 439. The molecule has 0 bridgehead atoms. The second-order valence-corrected chi connectivity index (χ2v) is 3.48. The van der Waals surface area contributed by atoms with E-state index in [9.17, 15) is 9.59 Å². The molecule has 4 heteroatoms. The maximum absolute atomic E-state index is 11.8. The molecule has 1 aromatic rings. The molecular formula is C11H11NO3. The zero-order chi connectivity index (χ0) is 11.0. The Morgan fingerprint density at radius 3 is 2.60 bits per heavy atom. The lowest BCUT2D eigenvalue weighted by Gasteiger charge is -2.10. The molecule has 0 radical (unpaired) electrons. The van der Waals surface area contributed by atoms with Gasteiger partial charge in [-0.1, -0.05) is 12.1 Å². The monoisotopic (exact) mass is 205 g/mol. The van der Waals surface area contributed by atoms with E-state index in [-0.39, 0.29) is 25.0 Å². The second kappa shape index (κ2) is 3.47. The topological polar surface area (TPSA) is 57.6 Å². The predicted molar refractivity (Wildman–Crippen MR) is 53.6 cm³/mol. The van der Waals surface area contributed by atoms with Gasteiger partial charge in [0.1, 0.15) is 0 Å². The number of aliphatic hydroxyl groups excluding tert-OH is 1. The number of β-amino-alcohol motifs (C(OH)–C–C–N with tert-alkyl or cyclic N) is 1. The largest absolute Gasteiger partial charge is 0.395 e. The van der Waals surface area contributed by atoms with E-state index in [0.29, 0.717) is 11.1 Å². The fourth-order valence-corrected chi connectivity index (χ4v) is 1.81. The molecule has 0 saturated heterocycles. The summed E-state index contributed by atoms with van der Waals surface area (Å²) in [5.74, 6) is -0.616. The second-order valence-electron chi connectivity index (χ2n) is 3.48. The summed E-state index contributed by atoms with van der Waals surface area (Å²) in [6.07, 6.45) is 0. The smallest absolute Gasteiger partial charge is 0.261 e. The molecule has 0 spiro atoms. The molecule has 15 heavy (non-hydrogen) atoms. The van der Waals surface area contributed by atoms with E-state index in [1.807, 2.05) is 0 Å². The number of amides is 2. The van der Waals surface area contributed by atoms with Gasteiger partial charge in [0.2, 0.25) is 0 Å². The SMILES string of the molecule is Cc1cccc2c1C(=O)N(CCO)C2=O. The standard InChI is InChI=1S/C11H11NO3/c1-7-3-2-4-8-9(7)11(15)12(5-6-13)10(8)14/h2-4,13H,5-6H2,1H3. The number of benzene rings is 1. The lowest BCUT2D eigenvalue weighted by Crippen LogP contribution is -2.32. The van der Waals surface area contributed by atoms with Crippen LogP contribution in [0.1, 0.15) is 26.3 Å². The quantitative estimate of drug-likeness (QED) is 0.718. The van der Waals surface area contributed by atoms with E-state index in [0.717, 1.165) is 10.5 Å². The van der Waals surface area contributed by atoms with E-state index in [1.165, 1.54) is 0 Å². The molecule has 0 aromatic heterocycles. The summed E-state index contributed by atoms with van der Waals surface area (Å²) in [6.45, 7) is 1.66. The molecule has 0 atom stereocenters. The van der Waals surface area contributed by atoms with E-state index in [2.05, 4.69) is 0 Å². The summed E-state index contributed by atoms with van der Waals surface area (Å²) < 4.78 is 0. The third-order valence-corrected chi connectivity index (χ3v) is 2.53. The molecular weight excluding hydrogens is 194 g/mol. The average molecular weight is 205 g/mol. The first kappa shape index (κ1) is 9.86. The van der Waals surface area contributed by atoms with Crippen LogP contribution >= 0.6 is 0 Å². The van der Waals surface area contributed by atoms with Crippen molar-refractivity contribution in [3.63, 3.8) is 0 Å². The Balaban J connectivity index is 2.51. The fraction of sp³-hybridized carbons (Fsp3) is 0.273. The van der Waals surface area contributed by atoms with Gasteiger partial charge in [0.05, 0.1) is 24.3 Å². The number of fused-ring (bicyclic) bond motifs is 1. The minimum Gasteiger partial charge on any atom is -0.395 e. The summed E-state index contributed by atoms with van der Waals surface area (Å²) in [5, 5.41) is 8.76. The third kappa shape index (κ3) is 1.34. The summed E-state index contributed by atoms with van der Waals surface area (Å²) in [6, 6.07) is 5.19. The lowest BCUT2D eigenvalue weighted by molar-refractivity contribution is 0.0624. The number of imide groups is 1. The molecule has 1 aliphatic rings. The van der Waals surface area contributed by atoms with Gasteiger partial charge in [0.25, 0.3) is 11.8 Å². The minimum atomic E-state index is -0.312. The van der Waals surface area contributed by atoms with Gasteiger partial charge in [0, 0.05) is 0 Å². The summed E-state index contributed by atoms with van der Waals surface area (Å²) in [5.41, 5.74) is 1.70. The number of aryl methyl sites for hydroxylation is 1. The van der Waals surface area contributed by atoms with Crippen molar-refractivity contribution < 1.29 is 14.7 Å². The molecule has 0 unspecified atom stereocenters. The Morgan fingerprint density at radius 1 is 1.27 bits per heavy atom. The van der Waals surface area contributed by atoms with Crippen LogP contribution in [-0.4, -0.2) is 35.0 Å². The number of rotatable bonds is 2. The van der Waals surface area contributed by atoms with Crippen LogP contribution in [0.15, 0.2) is 18.2 Å². The summed E-state index contributed by atoms with van der Waals surface area (Å²) >= 11 is 0. The van der Waals surface area contributed by atoms with Gasteiger partial charge in [-0.25, -0.2) is 0 Å². The van der Waals surface area contributed by atoms with Crippen molar-refractivity contribution in [2.24, 2.45) is 0 Å². The van der Waals surface area contributed by atoms with Crippen LogP contribution in [0, 0.1) is 6.92 Å². The third-order valence-electron chi connectivity index (χ3n) is 2.53. The molecule has 1 N–H and O–H groups in total. The van der Waals surface area contributed by atoms with Gasteiger partial charge in [-0.2, -0.15) is 0 Å². The molecule has 1 heterocycles. The average Bonchev–Trinajstić information content (AvgIpc) is 2.45. The minimum absolute atomic E-state index is 0.0613. The van der Waals surface area contributed by atoms with Gasteiger partial charge in [-0.15, -0.1) is 0 Å². The molecule has 4 nitrogen and oxygen atoms in total. The zero-order valence-corrected chi connectivity index (χ0v) is 8.36. The molecule has 78 valence electrons. The Labute approximate surface area is 87.1 Å². The van der Waals surface area contributed by atoms with Gasteiger partial charge in [-0.3, -0.25) is 14.5 Å². The molecule has 0 saturated carbocycles. The first-order chi connectivity index (χ1) is 7.16. The molecule has 1 aliphatic heterocycles. The van der Waals surface area contributed by atoms with Crippen molar-refractivity contribution in [3.8, 4) is 0 Å². The van der Waals surface area contributed by atoms with Crippen LogP contribution in [0.4, 0.5) is 0 Å². The Hall–Kier alpha value is -1.68. The number of hydrogen-bond donors (Lipinski definition) is 1. The molecule has 2 amide bonds. The van der Waals surface area contributed by atoms with Crippen LogP contribution < -0.4 is 0 Å². The highest BCUT2D eigenvalue weighted by atomic mass is 16.3. The highest BCUT2D eigenvalue weighted by molar-refractivity contribution is 6.22. The molecule has 0 fully saturated rings. The van der Waals surface area contributed by atoms with Crippen LogP contribution in [-0.2, 0) is 0 Å². The van der Waals surface area contributed by atoms with E-state index >= 15 is 0 Å². The van der Waals surface area contributed by atoms with Gasteiger partial charge in [-0.05, 0) is 18.6 Å². The van der Waals surface area contributed by atoms with Crippen LogP contribution in [0.3, 0.4) is 0 Å². The van der Waals surface area contributed by atoms with Gasteiger partial charge in [0.15, 0.2) is 0 Å². The molecule has 2 rings (SSSR count). The Morgan fingerprint density at radius 2 is 2.00 bits per heavy atom. The number of nitrogens with zero attached hydrogens (tertiary/aromatic N) is 1. The van der Waals surface area contributed by atoms with E-state index in [1.54, 1.807) is 25.1 Å². The summed E-state index contributed by atoms with van der Waals surface area (Å²) in [7, 11) is 0. The molecule has 0 aliphatic carbocycles. The Kier molecular flexibility index (Phi) is 2.28. The van der Waals surface area contributed by atoms with Crippen molar-refractivity contribution in [2.45, 2.75) is 6.92 Å². The van der Waals surface area contributed by atoms with Gasteiger partial charge < -0.3 is 5.11 Å². The normalized spacial score (nSPS) is 14.7. The highest BCUT2D eigenvalue weighted by Crippen LogP contribution is 2.24. The maximum Gasteiger partial charge on any atom is 0.261 e. The maximum atomic E-state index is 11.8. The molecule has 1 aromatic carbocycles. The van der Waals surface area contributed by atoms with Crippen LogP contribution in [0.2, 0.25) is 0 Å². The van der Waals surface area contributed by atoms with Crippen molar-refractivity contribution in [1.82, 2.24) is 4.90 Å². The van der Waals surface area contributed by atoms with Crippen molar-refractivity contribution in [3.05, 3.63) is 34.9 Å². The van der Waals surface area contributed by atoms with E-state index < -0.39 is 0 Å². The van der Waals surface area contributed by atoms with Crippen molar-refractivity contribution >= 4 is 11.8 Å². The zero-order valence-electron chi connectivity index (χ0n) is 8.36. The summed E-state index contributed by atoms with van der Waals surface area (Å²) in [4.78, 5) is 24.6. The number of aliphatic hydroxyl groups is 1. The first-order valence-corrected chi connectivity index (χ1v) is 4.73. The number of hydrogen-bond acceptors (Lipinski definition) is 3. The van der Waals surface area contributed by atoms with Crippen molar-refractivity contribution in [1.29, 1.82) is 0 Å². The van der Waals surface area contributed by atoms with E-state index in [4.69, 9.17) is 5.11 Å². The first-order valence-electron chi connectivity index (χ1n) is 4.73. The highest BCUT2D eigenvalue weighted by Gasteiger charge is 2.35. The van der Waals surface area contributed by atoms with Crippen LogP contribution in [0.25, 0.3) is 0 Å². The van der Waals surface area contributed by atoms with Crippen LogP contribution in [0.5, 0.6) is 0 Å². The van der Waals surface area contributed by atoms with Gasteiger partial charge >= 0.3 is 0 Å². The van der Waals surface area contributed by atoms with Crippen molar-refractivity contribution in [2.75, 3.05) is 13.2 Å². The number of carbonyl (C=O) groups excluding carboxylic acids is 2. The predicted octanol–water partition coefficient (Wildman–Crippen LogP) is 0.583. The fourth-order valence-electron chi connectivity index (χ4n) is 1.81.